The summed E-state index contributed by atoms with van der Waals surface area (Å²) < 4.78 is 9.66. The fourth-order valence-electron chi connectivity index (χ4n) is 9.88. The molecule has 0 spiro atoms. The van der Waals surface area contributed by atoms with Crippen LogP contribution in [0, 0.1) is 0 Å². The van der Waals surface area contributed by atoms with E-state index >= 15 is 0 Å². The highest BCUT2D eigenvalue weighted by Crippen LogP contribution is 2.25. The van der Waals surface area contributed by atoms with Crippen LogP contribution in [0.5, 0.6) is 0 Å². The average Bonchev–Trinajstić information content (AvgIpc) is 3.42. The molecular weight excluding hydrogens is 913 g/mol. The quantitative estimate of drug-likeness (QED) is 0.188. The number of hydrogen-bond acceptors (Lipinski definition) is 12. The summed E-state index contributed by atoms with van der Waals surface area (Å²) in [5, 5.41) is 3.49. The predicted molar refractivity (Wildman–Crippen MR) is 273 cm³/mol. The first-order valence-corrected chi connectivity index (χ1v) is 23.2. The molecule has 0 saturated heterocycles. The van der Waals surface area contributed by atoms with Crippen LogP contribution in [0.15, 0.2) is 174 Å². The van der Waals surface area contributed by atoms with Crippen LogP contribution in [-0.2, 0) is 39.3 Å². The lowest BCUT2D eigenvalue weighted by Gasteiger charge is -2.22. The van der Waals surface area contributed by atoms with Gasteiger partial charge in [0.25, 0.3) is 33.4 Å². The molecule has 18 heteroatoms. The molecule has 0 amide bonds. The Morgan fingerprint density at radius 1 is 0.222 bits per heavy atom. The second-order valence-electron chi connectivity index (χ2n) is 17.5. The van der Waals surface area contributed by atoms with E-state index < -0.39 is 0 Å². The second kappa shape index (κ2) is 16.4. The Hall–Kier alpha value is -9.84. The zero-order chi connectivity index (χ0) is 48.8. The molecule has 0 atom stereocenters. The van der Waals surface area contributed by atoms with Gasteiger partial charge in [-0.1, -0.05) is 72.8 Å². The van der Waals surface area contributed by atoms with E-state index in [1.54, 1.807) is 100 Å². The molecule has 3 aliphatic heterocycles. The minimum absolute atomic E-state index is 0.0933. The summed E-state index contributed by atoms with van der Waals surface area (Å²) in [5.74, 6) is 2.71. The molecule has 6 aromatic carbocycles. The summed E-state index contributed by atoms with van der Waals surface area (Å²) in [5.41, 5.74) is 3.13. The van der Waals surface area contributed by atoms with E-state index in [1.165, 1.54) is 0 Å². The molecule has 0 N–H and O–H groups in total. The highest BCUT2D eigenvalue weighted by atomic mass is 16.2. The van der Waals surface area contributed by atoms with Crippen LogP contribution in [0.2, 0.25) is 0 Å². The Morgan fingerprint density at radius 3 is 0.514 bits per heavy atom. The Morgan fingerprint density at radius 2 is 0.361 bits per heavy atom. The van der Waals surface area contributed by atoms with E-state index in [9.17, 15) is 28.8 Å². The number of fused-ring (bicyclic) bond motifs is 15. The van der Waals surface area contributed by atoms with Gasteiger partial charge in [-0.05, 0) is 72.8 Å². The van der Waals surface area contributed by atoms with Gasteiger partial charge in [-0.3, -0.25) is 56.2 Å². The molecule has 15 rings (SSSR count). The summed E-state index contributed by atoms with van der Waals surface area (Å²) in [7, 11) is 0. The van der Waals surface area contributed by atoms with Gasteiger partial charge in [0.2, 0.25) is 0 Å². The maximum Gasteiger partial charge on any atom is 0.261 e. The molecule has 0 unspecified atom stereocenters. The monoisotopic (exact) mass is 948 g/mol. The third-order valence-corrected chi connectivity index (χ3v) is 13.4. The number of benzene rings is 6. The van der Waals surface area contributed by atoms with Gasteiger partial charge >= 0.3 is 0 Å². The fraction of sp³-hybridized carbons (Fsp3) is 0.111. The molecule has 0 radical (unpaired) electrons. The van der Waals surface area contributed by atoms with Gasteiger partial charge in [-0.2, -0.15) is 0 Å². The molecular formula is C54H36N12O6. The number of aromatic nitrogens is 12. The maximum atomic E-state index is 12.7. The molecule has 0 bridgehead atoms. The van der Waals surface area contributed by atoms with Crippen LogP contribution in [-0.4, -0.2) is 57.3 Å². The van der Waals surface area contributed by atoms with Crippen LogP contribution >= 0.6 is 0 Å². The molecule has 72 heavy (non-hydrogen) atoms. The van der Waals surface area contributed by atoms with Crippen LogP contribution in [0.4, 0.5) is 0 Å². The van der Waals surface area contributed by atoms with E-state index in [-0.39, 0.29) is 33.4 Å². The van der Waals surface area contributed by atoms with Crippen molar-refractivity contribution in [3.8, 4) is 34.9 Å². The van der Waals surface area contributed by atoms with Gasteiger partial charge < -0.3 is 0 Å². The van der Waals surface area contributed by atoms with Crippen LogP contribution < -0.4 is 33.4 Å². The van der Waals surface area contributed by atoms with Crippen molar-refractivity contribution in [3.63, 3.8) is 0 Å². The molecule has 12 aromatic rings. The van der Waals surface area contributed by atoms with Crippen molar-refractivity contribution in [2.75, 3.05) is 0 Å². The van der Waals surface area contributed by atoms with Crippen LogP contribution in [0.1, 0.15) is 0 Å². The maximum absolute atomic E-state index is 12.7. The second-order valence-corrected chi connectivity index (χ2v) is 17.5. The summed E-state index contributed by atoms with van der Waals surface area (Å²) >= 11 is 0. The van der Waals surface area contributed by atoms with Crippen molar-refractivity contribution in [2.24, 2.45) is 0 Å². The first-order valence-electron chi connectivity index (χ1n) is 23.2. The molecule has 9 heterocycles. The number of nitrogens with zero attached hydrogens (tertiary/aromatic N) is 12. The van der Waals surface area contributed by atoms with Gasteiger partial charge in [0.05, 0.1) is 65.4 Å². The number of para-hydroxylation sites is 6. The van der Waals surface area contributed by atoms with Crippen molar-refractivity contribution in [1.29, 1.82) is 0 Å². The normalized spacial score (nSPS) is 13.0. The van der Waals surface area contributed by atoms with Crippen LogP contribution in [0.3, 0.4) is 0 Å². The minimum atomic E-state index is -0.0933. The largest absolute Gasteiger partial charge is 0.288 e. The summed E-state index contributed by atoms with van der Waals surface area (Å²) in [6.45, 7) is 2.49. The molecule has 3 aliphatic rings. The zero-order valence-corrected chi connectivity index (χ0v) is 37.9. The zero-order valence-electron chi connectivity index (χ0n) is 37.9. The van der Waals surface area contributed by atoms with E-state index in [4.69, 9.17) is 0 Å². The lowest BCUT2D eigenvalue weighted by atomic mass is 10.2. The summed E-state index contributed by atoms with van der Waals surface area (Å²) in [4.78, 5) is 104. The Balaban J connectivity index is 0.000000105. The highest BCUT2D eigenvalue weighted by molar-refractivity contribution is 5.85. The average molecular weight is 949 g/mol. The highest BCUT2D eigenvalue weighted by Gasteiger charge is 2.26. The molecule has 348 valence electrons. The van der Waals surface area contributed by atoms with Crippen molar-refractivity contribution in [3.05, 3.63) is 208 Å². The first kappa shape index (κ1) is 42.3. The standard InChI is InChI=1S/3C18H12N4O2/c3*23-17-11-5-1-3-7-13(11)19-15-16-20-14-8-4-2-6-12(14)18(24)22(16)10-9-21(15)17/h3*1-8H,9-10H2. The molecule has 6 aromatic heterocycles. The van der Waals surface area contributed by atoms with Crippen LogP contribution in [0.25, 0.3) is 100 Å². The van der Waals surface area contributed by atoms with Crippen molar-refractivity contribution < 1.29 is 0 Å². The van der Waals surface area contributed by atoms with Gasteiger partial charge in [-0.25, -0.2) is 29.9 Å². The smallest absolute Gasteiger partial charge is 0.261 e. The predicted octanol–water partition coefficient (Wildman–Crippen LogP) is 5.36. The van der Waals surface area contributed by atoms with Crippen molar-refractivity contribution in [1.82, 2.24) is 57.3 Å². The Kier molecular flexibility index (Phi) is 9.63. The van der Waals surface area contributed by atoms with Gasteiger partial charge in [-0.15, -0.1) is 0 Å². The van der Waals surface area contributed by atoms with E-state index in [1.807, 2.05) is 72.8 Å². The SMILES string of the molecule is O=c1c2ccccc2nc2n1CCn1c-2nc2ccccc2c1=O.O=c1c2ccccc2nc2n1CCn1c-2nc2ccccc2c1=O.O=c1c2ccccc2nc2n1CCn1c-2nc2ccccc2c1=O. The molecule has 0 fully saturated rings. The molecule has 0 saturated carbocycles. The fourth-order valence-corrected chi connectivity index (χ4v) is 9.88. The van der Waals surface area contributed by atoms with E-state index in [0.29, 0.717) is 140 Å². The minimum Gasteiger partial charge on any atom is -0.288 e. The summed E-state index contributed by atoms with van der Waals surface area (Å²) in [6.07, 6.45) is 0. The lowest BCUT2D eigenvalue weighted by Crippen LogP contribution is -2.35. The topological polar surface area (TPSA) is 209 Å². The number of rotatable bonds is 0. The van der Waals surface area contributed by atoms with E-state index in [2.05, 4.69) is 29.9 Å². The first-order chi connectivity index (χ1) is 35.2. The molecule has 18 nitrogen and oxygen atoms in total. The third-order valence-electron chi connectivity index (χ3n) is 13.4. The van der Waals surface area contributed by atoms with Gasteiger partial charge in [0.15, 0.2) is 34.9 Å². The van der Waals surface area contributed by atoms with Crippen molar-refractivity contribution in [2.45, 2.75) is 39.3 Å². The lowest BCUT2D eigenvalue weighted by molar-refractivity contribution is 0.520. The molecule has 0 aliphatic carbocycles. The Labute approximate surface area is 403 Å². The van der Waals surface area contributed by atoms with E-state index in [0.717, 1.165) is 0 Å². The number of hydrogen-bond donors (Lipinski definition) is 0. The van der Waals surface area contributed by atoms with Crippen molar-refractivity contribution >= 4 is 65.4 Å². The third kappa shape index (κ3) is 6.56. The summed E-state index contributed by atoms with van der Waals surface area (Å²) in [6, 6.07) is 43.4. The Bertz CT molecular complexity index is 3930. The van der Waals surface area contributed by atoms with Gasteiger partial charge in [0.1, 0.15) is 0 Å². The van der Waals surface area contributed by atoms with Gasteiger partial charge in [0, 0.05) is 39.3 Å².